The van der Waals surface area contributed by atoms with Crippen molar-refractivity contribution in [1.29, 1.82) is 0 Å². The van der Waals surface area contributed by atoms with Crippen LogP contribution in [0.5, 0.6) is 0 Å². The van der Waals surface area contributed by atoms with Gasteiger partial charge in [0, 0.05) is 22.7 Å². The van der Waals surface area contributed by atoms with Crippen LogP contribution < -0.4 is 5.32 Å². The van der Waals surface area contributed by atoms with E-state index in [4.69, 9.17) is 0 Å². The summed E-state index contributed by atoms with van der Waals surface area (Å²) in [6, 6.07) is 4.24. The number of Topliss-reactive ketones (excluding diaryl/α,β-unsaturated/α-hetero) is 1. The molecule has 0 amide bonds. The van der Waals surface area contributed by atoms with Gasteiger partial charge in [0.1, 0.15) is 0 Å². The molecule has 18 heavy (non-hydrogen) atoms. The molecule has 3 nitrogen and oxygen atoms in total. The van der Waals surface area contributed by atoms with Crippen LogP contribution in [0.15, 0.2) is 18.3 Å². The van der Waals surface area contributed by atoms with Crippen molar-refractivity contribution in [3.05, 3.63) is 35.0 Å². The summed E-state index contributed by atoms with van der Waals surface area (Å²) >= 11 is 0. The Morgan fingerprint density at radius 3 is 2.89 bits per heavy atom. The predicted molar refractivity (Wildman–Crippen MR) is 73.1 cm³/mol. The zero-order valence-corrected chi connectivity index (χ0v) is 10.8. The molecular formula is C15H18N2O. The molecule has 0 radical (unpaired) electrons. The minimum absolute atomic E-state index is 0.00446. The molecule has 2 heterocycles. The van der Waals surface area contributed by atoms with Crippen LogP contribution in [0.3, 0.4) is 0 Å². The first-order valence-corrected chi connectivity index (χ1v) is 6.53. The van der Waals surface area contributed by atoms with E-state index in [-0.39, 0.29) is 11.8 Å². The van der Waals surface area contributed by atoms with Crippen LogP contribution >= 0.6 is 0 Å². The number of hydrogen-bond acceptors (Lipinski definition) is 2. The summed E-state index contributed by atoms with van der Waals surface area (Å²) in [5.74, 6) is 0.226. The number of rotatable bonds is 2. The van der Waals surface area contributed by atoms with Gasteiger partial charge < -0.3 is 10.3 Å². The number of aromatic amines is 1. The molecule has 1 unspecified atom stereocenters. The second-order valence-electron chi connectivity index (χ2n) is 5.22. The van der Waals surface area contributed by atoms with Gasteiger partial charge >= 0.3 is 0 Å². The average molecular weight is 242 g/mol. The van der Waals surface area contributed by atoms with Gasteiger partial charge in [0.25, 0.3) is 0 Å². The molecule has 1 atom stereocenters. The van der Waals surface area contributed by atoms with Gasteiger partial charge in [-0.3, -0.25) is 4.79 Å². The summed E-state index contributed by atoms with van der Waals surface area (Å²) in [5, 5.41) is 4.34. The maximum atomic E-state index is 12.5. The number of benzene rings is 1. The van der Waals surface area contributed by atoms with E-state index >= 15 is 0 Å². The van der Waals surface area contributed by atoms with E-state index < -0.39 is 0 Å². The van der Waals surface area contributed by atoms with Crippen LogP contribution in [-0.4, -0.2) is 23.4 Å². The zero-order chi connectivity index (χ0) is 12.7. The Morgan fingerprint density at radius 2 is 2.17 bits per heavy atom. The van der Waals surface area contributed by atoms with Gasteiger partial charge in [0.15, 0.2) is 5.78 Å². The number of aryl methyl sites for hydroxylation is 2. The first-order chi connectivity index (χ1) is 8.66. The summed E-state index contributed by atoms with van der Waals surface area (Å²) in [6.45, 7) is 5.10. The zero-order valence-electron chi connectivity index (χ0n) is 10.8. The first kappa shape index (κ1) is 11.5. The third-order valence-corrected chi connectivity index (χ3v) is 3.77. The van der Waals surface area contributed by atoms with Crippen LogP contribution in [0.2, 0.25) is 0 Å². The molecule has 1 aliphatic heterocycles. The summed E-state index contributed by atoms with van der Waals surface area (Å²) in [4.78, 5) is 15.7. The lowest BCUT2D eigenvalue weighted by Crippen LogP contribution is -2.30. The number of hydrogen-bond donors (Lipinski definition) is 2. The number of carbonyl (C=O) groups excluding carboxylic acids is 1. The molecule has 3 heteroatoms. The number of carbonyl (C=O) groups is 1. The van der Waals surface area contributed by atoms with E-state index in [0.29, 0.717) is 0 Å². The number of ketones is 1. The van der Waals surface area contributed by atoms with Gasteiger partial charge in [-0.1, -0.05) is 11.6 Å². The summed E-state index contributed by atoms with van der Waals surface area (Å²) < 4.78 is 0. The van der Waals surface area contributed by atoms with Crippen molar-refractivity contribution >= 4 is 16.7 Å². The van der Waals surface area contributed by atoms with Gasteiger partial charge in [-0.05, 0) is 44.9 Å². The van der Waals surface area contributed by atoms with E-state index in [1.807, 2.05) is 6.20 Å². The molecule has 94 valence electrons. The second-order valence-corrected chi connectivity index (χ2v) is 5.22. The molecule has 2 aromatic rings. The van der Waals surface area contributed by atoms with Crippen LogP contribution in [-0.2, 0) is 0 Å². The van der Waals surface area contributed by atoms with Gasteiger partial charge in [-0.25, -0.2) is 0 Å². The Bertz CT molecular complexity index is 606. The van der Waals surface area contributed by atoms with E-state index in [0.717, 1.165) is 35.9 Å². The molecule has 0 aliphatic carbocycles. The smallest absolute Gasteiger partial charge is 0.181 e. The summed E-state index contributed by atoms with van der Waals surface area (Å²) in [5.41, 5.74) is 4.31. The summed E-state index contributed by atoms with van der Waals surface area (Å²) in [6.07, 6.45) is 3.91. The highest BCUT2D eigenvalue weighted by molar-refractivity contribution is 6.11. The number of fused-ring (bicyclic) bond motifs is 1. The molecule has 3 rings (SSSR count). The van der Waals surface area contributed by atoms with Gasteiger partial charge in [0.05, 0.1) is 6.04 Å². The highest BCUT2D eigenvalue weighted by Gasteiger charge is 2.25. The Labute approximate surface area is 107 Å². The van der Waals surface area contributed by atoms with Crippen molar-refractivity contribution in [2.75, 3.05) is 6.54 Å². The number of aromatic nitrogens is 1. The summed E-state index contributed by atoms with van der Waals surface area (Å²) in [7, 11) is 0. The van der Waals surface area contributed by atoms with E-state index in [2.05, 4.69) is 36.3 Å². The lowest BCUT2D eigenvalue weighted by Gasteiger charge is -2.08. The van der Waals surface area contributed by atoms with Crippen molar-refractivity contribution in [2.45, 2.75) is 32.7 Å². The topological polar surface area (TPSA) is 44.9 Å². The lowest BCUT2D eigenvalue weighted by atomic mass is 10.00. The molecule has 1 aromatic carbocycles. The van der Waals surface area contributed by atoms with Gasteiger partial charge in [0.2, 0.25) is 0 Å². The van der Waals surface area contributed by atoms with Crippen LogP contribution in [0.4, 0.5) is 0 Å². The largest absolute Gasteiger partial charge is 0.360 e. The van der Waals surface area contributed by atoms with Crippen molar-refractivity contribution in [2.24, 2.45) is 0 Å². The van der Waals surface area contributed by atoms with Crippen LogP contribution in [0, 0.1) is 13.8 Å². The fourth-order valence-corrected chi connectivity index (χ4v) is 2.89. The molecule has 1 aromatic heterocycles. The molecule has 0 saturated carbocycles. The SMILES string of the molecule is Cc1cc(C)c2[nH]cc(C(=O)C3CCCN3)c2c1. The highest BCUT2D eigenvalue weighted by Crippen LogP contribution is 2.25. The Kier molecular flexibility index (Phi) is 2.71. The monoisotopic (exact) mass is 242 g/mol. The Balaban J connectivity index is 2.09. The van der Waals surface area contributed by atoms with Crippen LogP contribution in [0.1, 0.15) is 34.3 Å². The minimum Gasteiger partial charge on any atom is -0.360 e. The van der Waals surface area contributed by atoms with Crippen LogP contribution in [0.25, 0.3) is 10.9 Å². The third-order valence-electron chi connectivity index (χ3n) is 3.77. The maximum absolute atomic E-state index is 12.5. The maximum Gasteiger partial charge on any atom is 0.181 e. The third kappa shape index (κ3) is 1.75. The molecule has 2 N–H and O–H groups in total. The molecule has 1 aliphatic rings. The first-order valence-electron chi connectivity index (χ1n) is 6.53. The average Bonchev–Trinajstić information content (AvgIpc) is 2.96. The lowest BCUT2D eigenvalue weighted by molar-refractivity contribution is 0.0954. The highest BCUT2D eigenvalue weighted by atomic mass is 16.1. The Morgan fingerprint density at radius 1 is 1.33 bits per heavy atom. The number of H-pyrrole nitrogens is 1. The van der Waals surface area contributed by atoms with Crippen molar-refractivity contribution in [3.8, 4) is 0 Å². The van der Waals surface area contributed by atoms with Gasteiger partial charge in [-0.2, -0.15) is 0 Å². The van der Waals surface area contributed by atoms with E-state index in [1.165, 1.54) is 11.1 Å². The number of nitrogens with one attached hydrogen (secondary N) is 2. The minimum atomic E-state index is 0.00446. The van der Waals surface area contributed by atoms with Crippen molar-refractivity contribution < 1.29 is 4.79 Å². The normalized spacial score (nSPS) is 19.6. The van der Waals surface area contributed by atoms with E-state index in [9.17, 15) is 4.79 Å². The van der Waals surface area contributed by atoms with E-state index in [1.54, 1.807) is 0 Å². The molecule has 0 bridgehead atoms. The molecular weight excluding hydrogens is 224 g/mol. The molecule has 1 fully saturated rings. The Hall–Kier alpha value is -1.61. The molecule has 0 spiro atoms. The van der Waals surface area contributed by atoms with Crippen molar-refractivity contribution in [3.63, 3.8) is 0 Å². The molecule has 1 saturated heterocycles. The fraction of sp³-hybridized carbons (Fsp3) is 0.400. The standard InChI is InChI=1S/C15H18N2O/c1-9-6-10(2)14-11(7-9)12(8-17-14)15(18)13-4-3-5-16-13/h6-8,13,16-17H,3-5H2,1-2H3. The van der Waals surface area contributed by atoms with Crippen molar-refractivity contribution in [1.82, 2.24) is 10.3 Å². The second kappa shape index (κ2) is 4.25. The van der Waals surface area contributed by atoms with Gasteiger partial charge in [-0.15, -0.1) is 0 Å². The quantitative estimate of drug-likeness (QED) is 0.795. The predicted octanol–water partition coefficient (Wildman–Crippen LogP) is 2.72. The fourth-order valence-electron chi connectivity index (χ4n) is 2.89.